The number of carbonyl (C=O) groups excluding carboxylic acids is 1. The second-order valence-electron chi connectivity index (χ2n) is 7.52. The van der Waals surface area contributed by atoms with E-state index < -0.39 is 21.6 Å². The van der Waals surface area contributed by atoms with E-state index in [0.29, 0.717) is 35.4 Å². The molecule has 0 amide bonds. The summed E-state index contributed by atoms with van der Waals surface area (Å²) in [4.78, 5) is 24.5. The van der Waals surface area contributed by atoms with E-state index in [2.05, 4.69) is 0 Å². The minimum atomic E-state index is -3.57. The van der Waals surface area contributed by atoms with Gasteiger partial charge in [-0.15, -0.1) is 0 Å². The van der Waals surface area contributed by atoms with Crippen LogP contribution in [0.25, 0.3) is 11.0 Å². The molecule has 0 saturated carbocycles. The third-order valence-electron chi connectivity index (χ3n) is 5.44. The number of sulfonamides is 1. The van der Waals surface area contributed by atoms with Crippen LogP contribution in [0.5, 0.6) is 5.75 Å². The summed E-state index contributed by atoms with van der Waals surface area (Å²) >= 11 is 0. The molecule has 0 radical (unpaired) electrons. The van der Waals surface area contributed by atoms with Crippen molar-refractivity contribution in [2.24, 2.45) is 0 Å². The number of hydrogen-bond acceptors (Lipinski definition) is 7. The van der Waals surface area contributed by atoms with Gasteiger partial charge in [0.15, 0.2) is 0 Å². The van der Waals surface area contributed by atoms with Crippen molar-refractivity contribution in [3.8, 4) is 5.75 Å². The van der Waals surface area contributed by atoms with Gasteiger partial charge in [0.25, 0.3) is 0 Å². The van der Waals surface area contributed by atoms with Gasteiger partial charge in [0.1, 0.15) is 17.9 Å². The number of carbonyl (C=O) groups is 1. The van der Waals surface area contributed by atoms with Crippen LogP contribution in [0, 0.1) is 0 Å². The molecule has 0 spiro atoms. The minimum absolute atomic E-state index is 0.138. The van der Waals surface area contributed by atoms with Gasteiger partial charge in [-0.2, -0.15) is 4.31 Å². The van der Waals surface area contributed by atoms with Crippen molar-refractivity contribution >= 4 is 27.0 Å². The van der Waals surface area contributed by atoms with E-state index in [1.807, 2.05) is 0 Å². The molecule has 0 aliphatic carbocycles. The molecule has 0 atom stereocenters. The van der Waals surface area contributed by atoms with Crippen molar-refractivity contribution < 1.29 is 27.1 Å². The van der Waals surface area contributed by atoms with Gasteiger partial charge >= 0.3 is 11.6 Å². The molecule has 1 saturated heterocycles. The first-order chi connectivity index (χ1) is 15.4. The smallest absolute Gasteiger partial charge is 0.338 e. The fourth-order valence-corrected chi connectivity index (χ4v) is 5.22. The number of piperidine rings is 1. The molecule has 1 aromatic heterocycles. The number of methoxy groups -OCH3 is 1. The highest BCUT2D eigenvalue weighted by molar-refractivity contribution is 7.89. The van der Waals surface area contributed by atoms with E-state index in [-0.39, 0.29) is 17.1 Å². The molecule has 9 heteroatoms. The monoisotopic (exact) mass is 457 g/mol. The highest BCUT2D eigenvalue weighted by Gasteiger charge is 2.26. The molecule has 3 aromatic rings. The molecular formula is C23H23NO7S. The summed E-state index contributed by atoms with van der Waals surface area (Å²) < 4.78 is 42.7. The summed E-state index contributed by atoms with van der Waals surface area (Å²) in [5.74, 6) is -0.0868. The van der Waals surface area contributed by atoms with Crippen molar-refractivity contribution in [3.63, 3.8) is 0 Å². The Morgan fingerprint density at radius 1 is 1.03 bits per heavy atom. The average molecular weight is 458 g/mol. The zero-order valence-electron chi connectivity index (χ0n) is 17.6. The Balaban J connectivity index is 1.48. The molecular weight excluding hydrogens is 434 g/mol. The molecule has 0 unspecified atom stereocenters. The third kappa shape index (κ3) is 4.53. The zero-order chi connectivity index (χ0) is 22.7. The fraction of sp³-hybridized carbons (Fsp3) is 0.304. The van der Waals surface area contributed by atoms with Gasteiger partial charge in [0.2, 0.25) is 10.0 Å². The number of rotatable bonds is 6. The van der Waals surface area contributed by atoms with Crippen molar-refractivity contribution in [2.45, 2.75) is 30.8 Å². The predicted molar refractivity (Wildman–Crippen MR) is 117 cm³/mol. The number of ether oxygens (including phenoxy) is 2. The third-order valence-corrected chi connectivity index (χ3v) is 7.35. The summed E-state index contributed by atoms with van der Waals surface area (Å²) in [6.45, 7) is 0.884. The number of fused-ring (bicyclic) bond motifs is 1. The largest absolute Gasteiger partial charge is 0.497 e. The maximum absolute atomic E-state index is 12.7. The van der Waals surface area contributed by atoms with Crippen LogP contribution in [0.1, 0.15) is 35.2 Å². The van der Waals surface area contributed by atoms with Crippen LogP contribution < -0.4 is 10.4 Å². The molecule has 0 bridgehead atoms. The van der Waals surface area contributed by atoms with Gasteiger partial charge in [0.05, 0.1) is 17.6 Å². The van der Waals surface area contributed by atoms with Gasteiger partial charge in [-0.3, -0.25) is 0 Å². The second kappa shape index (κ2) is 9.13. The average Bonchev–Trinajstić information content (AvgIpc) is 2.82. The summed E-state index contributed by atoms with van der Waals surface area (Å²) in [6, 6.07) is 12.0. The van der Waals surface area contributed by atoms with E-state index in [0.717, 1.165) is 19.3 Å². The number of esters is 1. The first-order valence-corrected chi connectivity index (χ1v) is 11.7. The molecule has 8 nitrogen and oxygen atoms in total. The summed E-state index contributed by atoms with van der Waals surface area (Å²) in [5, 5.41) is 0.626. The first-order valence-electron chi connectivity index (χ1n) is 10.3. The molecule has 0 N–H and O–H groups in total. The highest BCUT2D eigenvalue weighted by atomic mass is 32.2. The van der Waals surface area contributed by atoms with Crippen molar-refractivity contribution in [3.05, 3.63) is 70.1 Å². The Morgan fingerprint density at radius 2 is 1.75 bits per heavy atom. The minimum Gasteiger partial charge on any atom is -0.497 e. The van der Waals surface area contributed by atoms with Gasteiger partial charge in [-0.1, -0.05) is 6.42 Å². The summed E-state index contributed by atoms with van der Waals surface area (Å²) in [5.41, 5.74) is 0.479. The lowest BCUT2D eigenvalue weighted by atomic mass is 10.1. The number of benzene rings is 2. The highest BCUT2D eigenvalue weighted by Crippen LogP contribution is 2.24. The van der Waals surface area contributed by atoms with Crippen molar-refractivity contribution in [1.29, 1.82) is 0 Å². The Morgan fingerprint density at radius 3 is 2.44 bits per heavy atom. The Kier molecular flexibility index (Phi) is 6.29. The first kappa shape index (κ1) is 22.0. The topological polar surface area (TPSA) is 103 Å². The van der Waals surface area contributed by atoms with Crippen molar-refractivity contribution in [1.82, 2.24) is 4.31 Å². The SMILES string of the molecule is COc1ccc2c(COC(=O)c3ccc(S(=O)(=O)N4CCCCC4)cc3)cc(=O)oc2c1. The normalized spacial score (nSPS) is 14.9. The van der Waals surface area contributed by atoms with Crippen LogP contribution in [0.15, 0.2) is 62.6 Å². The lowest BCUT2D eigenvalue weighted by Gasteiger charge is -2.25. The van der Waals surface area contributed by atoms with E-state index in [9.17, 15) is 18.0 Å². The second-order valence-corrected chi connectivity index (χ2v) is 9.46. The van der Waals surface area contributed by atoms with Crippen LogP contribution in [-0.4, -0.2) is 38.9 Å². The lowest BCUT2D eigenvalue weighted by Crippen LogP contribution is -2.35. The summed E-state index contributed by atoms with van der Waals surface area (Å²) in [6.07, 6.45) is 2.73. The van der Waals surface area contributed by atoms with Gasteiger partial charge in [0, 0.05) is 36.2 Å². The molecule has 1 aliphatic heterocycles. The van der Waals surface area contributed by atoms with Crippen molar-refractivity contribution in [2.75, 3.05) is 20.2 Å². The maximum Gasteiger partial charge on any atom is 0.338 e. The number of hydrogen-bond donors (Lipinski definition) is 0. The van der Waals surface area contributed by atoms with E-state index >= 15 is 0 Å². The van der Waals surface area contributed by atoms with Gasteiger partial charge in [-0.25, -0.2) is 18.0 Å². The quantitative estimate of drug-likeness (QED) is 0.413. The number of nitrogens with zero attached hydrogens (tertiary/aromatic N) is 1. The van der Waals surface area contributed by atoms with Crippen LogP contribution in [0.2, 0.25) is 0 Å². The molecule has 32 heavy (non-hydrogen) atoms. The van der Waals surface area contributed by atoms with E-state index in [1.165, 1.54) is 41.7 Å². The Hall–Kier alpha value is -3.17. The molecule has 168 valence electrons. The standard InChI is InChI=1S/C23H23NO7S/c1-29-18-7-10-20-17(13-22(25)31-21(20)14-18)15-30-23(26)16-5-8-19(9-6-16)32(27,28)24-11-3-2-4-12-24/h5-10,13-14H,2-4,11-12,15H2,1H3. The zero-order valence-corrected chi connectivity index (χ0v) is 18.4. The molecule has 4 rings (SSSR count). The Bertz CT molecular complexity index is 1290. The summed E-state index contributed by atoms with van der Waals surface area (Å²) in [7, 11) is -2.06. The maximum atomic E-state index is 12.7. The molecule has 1 aliphatic rings. The van der Waals surface area contributed by atoms with Gasteiger partial charge < -0.3 is 13.9 Å². The van der Waals surface area contributed by atoms with Crippen LogP contribution in [0.4, 0.5) is 0 Å². The molecule has 2 aromatic carbocycles. The predicted octanol–water partition coefficient (Wildman–Crippen LogP) is 3.33. The van der Waals surface area contributed by atoms with Crippen LogP contribution in [0.3, 0.4) is 0 Å². The molecule has 2 heterocycles. The van der Waals surface area contributed by atoms with E-state index in [1.54, 1.807) is 18.2 Å². The Labute approximate surface area is 185 Å². The molecule has 1 fully saturated rings. The van der Waals surface area contributed by atoms with Crippen LogP contribution in [-0.2, 0) is 21.4 Å². The van der Waals surface area contributed by atoms with E-state index in [4.69, 9.17) is 13.9 Å². The fourth-order valence-electron chi connectivity index (χ4n) is 3.70. The van der Waals surface area contributed by atoms with Gasteiger partial charge in [-0.05, 0) is 49.2 Å². The van der Waals surface area contributed by atoms with Crippen LogP contribution >= 0.6 is 0 Å². The lowest BCUT2D eigenvalue weighted by molar-refractivity contribution is 0.0473.